The van der Waals surface area contributed by atoms with Crippen molar-refractivity contribution < 1.29 is 48.3 Å². The molecule has 3 heterocycles. The van der Waals surface area contributed by atoms with Crippen LogP contribution in [0.15, 0.2) is 6.33 Å². The fourth-order valence-corrected chi connectivity index (χ4v) is 6.50. The summed E-state index contributed by atoms with van der Waals surface area (Å²) in [6, 6.07) is 0. The number of hydrogen-bond acceptors (Lipinski definition) is 10. The quantitative estimate of drug-likeness (QED) is 0.112. The first-order valence-electron chi connectivity index (χ1n) is 10.8. The number of anilines is 1. The SMILES string of the molecule is CCCCCOC(=O)Nc1nc(Cl)nc2c1ncn2C1OC(CNP(=O)(O)CP(=O)(O)O)C(O)C1O. The molecule has 0 saturated carbocycles. The summed E-state index contributed by atoms with van der Waals surface area (Å²) in [6.45, 7) is 1.71. The highest BCUT2D eigenvalue weighted by atomic mass is 35.5. The number of ether oxygens (including phenoxy) is 2. The molecule has 5 unspecified atom stereocenters. The van der Waals surface area contributed by atoms with Gasteiger partial charge in [-0.15, -0.1) is 0 Å². The van der Waals surface area contributed by atoms with Crippen LogP contribution in [-0.4, -0.2) is 87.9 Å². The number of aliphatic hydroxyl groups excluding tert-OH is 2. The highest BCUT2D eigenvalue weighted by Gasteiger charge is 2.45. The minimum absolute atomic E-state index is 0.0375. The summed E-state index contributed by atoms with van der Waals surface area (Å²) in [4.78, 5) is 51.8. The minimum Gasteiger partial charge on any atom is -0.449 e. The van der Waals surface area contributed by atoms with Crippen LogP contribution in [0.3, 0.4) is 0 Å². The van der Waals surface area contributed by atoms with Crippen molar-refractivity contribution in [2.24, 2.45) is 0 Å². The van der Waals surface area contributed by atoms with Crippen molar-refractivity contribution in [2.75, 3.05) is 24.4 Å². The predicted octanol–water partition coefficient (Wildman–Crippen LogP) is 0.748. The molecular weight excluding hydrogens is 546 g/mol. The number of amides is 1. The van der Waals surface area contributed by atoms with E-state index >= 15 is 0 Å². The van der Waals surface area contributed by atoms with Gasteiger partial charge in [0.1, 0.15) is 24.2 Å². The van der Waals surface area contributed by atoms with Gasteiger partial charge in [0.2, 0.25) is 5.28 Å². The highest BCUT2D eigenvalue weighted by molar-refractivity contribution is 7.71. The molecule has 1 amide bonds. The van der Waals surface area contributed by atoms with E-state index in [0.717, 1.165) is 12.8 Å². The zero-order valence-electron chi connectivity index (χ0n) is 19.0. The van der Waals surface area contributed by atoms with E-state index < -0.39 is 58.2 Å². The van der Waals surface area contributed by atoms with Gasteiger partial charge < -0.3 is 34.4 Å². The molecule has 3 rings (SSSR count). The first kappa shape index (κ1) is 28.9. The van der Waals surface area contributed by atoms with Gasteiger partial charge in [-0.2, -0.15) is 9.97 Å². The number of rotatable bonds is 11. The number of hydrogen-bond donors (Lipinski definition) is 7. The molecular formula is C17H27ClN6O10P2. The highest BCUT2D eigenvalue weighted by Crippen LogP contribution is 2.52. The second-order valence-electron chi connectivity index (χ2n) is 8.05. The van der Waals surface area contributed by atoms with E-state index in [9.17, 15) is 29.0 Å². The van der Waals surface area contributed by atoms with E-state index in [1.807, 2.05) is 6.92 Å². The average Bonchev–Trinajstić information content (AvgIpc) is 3.29. The molecule has 0 aromatic carbocycles. The van der Waals surface area contributed by atoms with Crippen molar-refractivity contribution in [2.45, 2.75) is 50.7 Å². The lowest BCUT2D eigenvalue weighted by Crippen LogP contribution is -2.37. The van der Waals surface area contributed by atoms with Crippen LogP contribution in [0.4, 0.5) is 10.6 Å². The van der Waals surface area contributed by atoms with Gasteiger partial charge in [-0.25, -0.2) is 14.9 Å². The van der Waals surface area contributed by atoms with E-state index in [0.29, 0.717) is 6.42 Å². The van der Waals surface area contributed by atoms with Gasteiger partial charge >= 0.3 is 13.7 Å². The van der Waals surface area contributed by atoms with Crippen LogP contribution < -0.4 is 10.4 Å². The molecule has 1 saturated heterocycles. The molecule has 0 radical (unpaired) electrons. The maximum atomic E-state index is 12.1. The first-order chi connectivity index (χ1) is 16.8. The number of nitrogens with one attached hydrogen (secondary N) is 2. The summed E-state index contributed by atoms with van der Waals surface area (Å²) >= 11 is 5.99. The molecule has 0 aliphatic carbocycles. The van der Waals surface area contributed by atoms with Gasteiger partial charge in [0.25, 0.3) is 7.52 Å². The molecule has 1 aliphatic heterocycles. The van der Waals surface area contributed by atoms with Gasteiger partial charge in [-0.1, -0.05) is 19.8 Å². The third-order valence-corrected chi connectivity index (χ3v) is 8.98. The van der Waals surface area contributed by atoms with Crippen LogP contribution in [-0.2, 0) is 18.6 Å². The standard InChI is InChI=1S/C17H27ClN6O10P2/c1-2-3-4-5-33-17(27)22-13-10-14(23-16(18)21-13)24(7-19-10)15-12(26)11(25)9(34-15)6-20-35(28,29)8-36(30,31)32/h7,9,11-12,15,25-26H,2-6,8H2,1H3,(H2,20,28,29)(H2,30,31,32)(H,21,22,23,27). The Morgan fingerprint density at radius 1 is 1.22 bits per heavy atom. The number of imidazole rings is 1. The number of halogens is 1. The molecule has 2 aromatic rings. The third kappa shape index (κ3) is 7.42. The predicted molar refractivity (Wildman–Crippen MR) is 125 cm³/mol. The fourth-order valence-electron chi connectivity index (χ4n) is 3.47. The van der Waals surface area contributed by atoms with Crippen molar-refractivity contribution in [3.05, 3.63) is 11.6 Å². The van der Waals surface area contributed by atoms with Gasteiger partial charge in [0.15, 0.2) is 23.2 Å². The lowest BCUT2D eigenvalue weighted by atomic mass is 10.1. The summed E-state index contributed by atoms with van der Waals surface area (Å²) in [5, 5.41) is 25.1. The molecule has 1 fully saturated rings. The van der Waals surface area contributed by atoms with Gasteiger partial charge in [0.05, 0.1) is 12.9 Å². The van der Waals surface area contributed by atoms with Crippen molar-refractivity contribution in [3.63, 3.8) is 0 Å². The molecule has 202 valence electrons. The van der Waals surface area contributed by atoms with Crippen LogP contribution in [0.25, 0.3) is 11.2 Å². The van der Waals surface area contributed by atoms with Gasteiger partial charge in [0, 0.05) is 6.54 Å². The molecule has 0 spiro atoms. The van der Waals surface area contributed by atoms with Crippen LogP contribution in [0.1, 0.15) is 32.4 Å². The van der Waals surface area contributed by atoms with E-state index in [1.165, 1.54) is 10.9 Å². The molecule has 0 bridgehead atoms. The van der Waals surface area contributed by atoms with E-state index in [2.05, 4.69) is 25.4 Å². The largest absolute Gasteiger partial charge is 0.449 e. The summed E-state index contributed by atoms with van der Waals surface area (Å²) < 4.78 is 34.9. The Hall–Kier alpha value is -1.71. The summed E-state index contributed by atoms with van der Waals surface area (Å²) in [5.74, 6) is -1.37. The Bertz CT molecular complexity index is 1180. The Balaban J connectivity index is 1.75. The maximum Gasteiger partial charge on any atom is 0.412 e. The number of aromatic nitrogens is 4. The van der Waals surface area contributed by atoms with Gasteiger partial charge in [-0.3, -0.25) is 19.0 Å². The lowest BCUT2D eigenvalue weighted by Gasteiger charge is -2.19. The number of nitrogens with zero attached hydrogens (tertiary/aromatic N) is 4. The fraction of sp³-hybridized carbons (Fsp3) is 0.647. The Kier molecular flexibility index (Phi) is 9.44. The number of aliphatic hydroxyl groups is 2. The molecule has 19 heteroatoms. The van der Waals surface area contributed by atoms with Crippen LogP contribution >= 0.6 is 26.7 Å². The first-order valence-corrected chi connectivity index (χ1v) is 14.8. The van der Waals surface area contributed by atoms with Crippen molar-refractivity contribution in [3.8, 4) is 0 Å². The van der Waals surface area contributed by atoms with E-state index in [-0.39, 0.29) is 28.9 Å². The number of fused-ring (bicyclic) bond motifs is 1. The molecule has 5 atom stereocenters. The van der Waals surface area contributed by atoms with E-state index in [4.69, 9.17) is 30.9 Å². The van der Waals surface area contributed by atoms with Crippen molar-refractivity contribution in [1.29, 1.82) is 0 Å². The Morgan fingerprint density at radius 3 is 2.61 bits per heavy atom. The molecule has 1 aliphatic rings. The molecule has 16 nitrogen and oxygen atoms in total. The Labute approximate surface area is 209 Å². The van der Waals surface area contributed by atoms with Crippen LogP contribution in [0.2, 0.25) is 5.28 Å². The molecule has 36 heavy (non-hydrogen) atoms. The summed E-state index contributed by atoms with van der Waals surface area (Å²) in [7, 11) is -9.26. The minimum atomic E-state index is -4.79. The van der Waals surface area contributed by atoms with Crippen molar-refractivity contribution in [1.82, 2.24) is 24.6 Å². The zero-order chi connectivity index (χ0) is 26.7. The number of carbonyl (C=O) groups excluding carboxylic acids is 1. The monoisotopic (exact) mass is 572 g/mol. The third-order valence-electron chi connectivity index (χ3n) is 5.12. The normalized spacial score (nSPS) is 24.1. The smallest absolute Gasteiger partial charge is 0.412 e. The average molecular weight is 573 g/mol. The molecule has 2 aromatic heterocycles. The molecule has 7 N–H and O–H groups in total. The summed E-state index contributed by atoms with van der Waals surface area (Å²) in [5.41, 5.74) is 0.119. The second-order valence-corrected chi connectivity index (χ2v) is 12.6. The summed E-state index contributed by atoms with van der Waals surface area (Å²) in [6.07, 6.45) is -2.66. The van der Waals surface area contributed by atoms with E-state index in [1.54, 1.807) is 0 Å². The van der Waals surface area contributed by atoms with Gasteiger partial charge in [-0.05, 0) is 18.0 Å². The zero-order valence-corrected chi connectivity index (χ0v) is 21.5. The van der Waals surface area contributed by atoms with Crippen LogP contribution in [0, 0.1) is 0 Å². The second kappa shape index (κ2) is 11.8. The van der Waals surface area contributed by atoms with Crippen molar-refractivity contribution >= 4 is 49.8 Å². The maximum absolute atomic E-state index is 12.1. The Morgan fingerprint density at radius 2 is 1.94 bits per heavy atom. The topological polar surface area (TPSA) is 238 Å². The number of unbranched alkanes of at least 4 members (excludes halogenated alkanes) is 2. The number of carbonyl (C=O) groups is 1. The lowest BCUT2D eigenvalue weighted by molar-refractivity contribution is -0.0331. The van der Waals surface area contributed by atoms with Crippen LogP contribution in [0.5, 0.6) is 0 Å².